The lowest BCUT2D eigenvalue weighted by Crippen LogP contribution is -2.24. The lowest BCUT2D eigenvalue weighted by atomic mass is 10.3. The lowest BCUT2D eigenvalue weighted by Gasteiger charge is -2.15. The minimum atomic E-state index is -0.249. The highest BCUT2D eigenvalue weighted by molar-refractivity contribution is 9.10. The summed E-state index contributed by atoms with van der Waals surface area (Å²) in [6.07, 6.45) is 5.20. The fourth-order valence-corrected chi connectivity index (χ4v) is 1.79. The van der Waals surface area contributed by atoms with Gasteiger partial charge in [-0.2, -0.15) is 10.2 Å². The SMILES string of the molecule is CC(Cn1cccn1)Nc1cn[nH]c(=O)c1Br. The standard InChI is InChI=1S/C10H12BrN5O/c1-7(6-16-4-2-3-13-16)14-8-5-12-15-10(17)9(8)11/h2-5,7H,6H2,1H3,(H2,14,15,17). The Bertz CT molecular complexity index is 536. The molecule has 2 aromatic heterocycles. The van der Waals surface area contributed by atoms with E-state index in [2.05, 4.69) is 36.5 Å². The fraction of sp³-hybridized carbons (Fsp3) is 0.300. The topological polar surface area (TPSA) is 75.6 Å². The van der Waals surface area contributed by atoms with Gasteiger partial charge in [-0.25, -0.2) is 5.10 Å². The molecule has 90 valence electrons. The van der Waals surface area contributed by atoms with E-state index in [1.165, 1.54) is 0 Å². The van der Waals surface area contributed by atoms with Gasteiger partial charge in [0.05, 0.1) is 18.4 Å². The summed E-state index contributed by atoms with van der Waals surface area (Å²) in [5.74, 6) is 0. The van der Waals surface area contributed by atoms with Gasteiger partial charge in [0.2, 0.25) is 0 Å². The van der Waals surface area contributed by atoms with Gasteiger partial charge in [0.25, 0.3) is 5.56 Å². The van der Waals surface area contributed by atoms with Crippen LogP contribution in [0.25, 0.3) is 0 Å². The quantitative estimate of drug-likeness (QED) is 0.890. The highest BCUT2D eigenvalue weighted by Gasteiger charge is 2.08. The Balaban J connectivity index is 2.05. The Kier molecular flexibility index (Phi) is 3.58. The maximum absolute atomic E-state index is 11.3. The number of aromatic nitrogens is 4. The maximum Gasteiger partial charge on any atom is 0.280 e. The molecule has 2 rings (SSSR count). The number of anilines is 1. The van der Waals surface area contributed by atoms with Crippen LogP contribution in [0, 0.1) is 0 Å². The predicted molar refractivity (Wildman–Crippen MR) is 67.9 cm³/mol. The number of hydrogen-bond donors (Lipinski definition) is 2. The van der Waals surface area contributed by atoms with E-state index in [1.807, 2.05) is 23.9 Å². The Morgan fingerprint density at radius 3 is 3.18 bits per heavy atom. The molecule has 0 aliphatic rings. The van der Waals surface area contributed by atoms with Crippen molar-refractivity contribution in [3.8, 4) is 0 Å². The van der Waals surface area contributed by atoms with Gasteiger partial charge in [-0.05, 0) is 28.9 Å². The van der Waals surface area contributed by atoms with Crippen molar-refractivity contribution < 1.29 is 0 Å². The molecule has 0 aliphatic heterocycles. The van der Waals surface area contributed by atoms with E-state index < -0.39 is 0 Å². The van der Waals surface area contributed by atoms with Gasteiger partial charge in [0.1, 0.15) is 4.47 Å². The van der Waals surface area contributed by atoms with Crippen molar-refractivity contribution in [1.29, 1.82) is 0 Å². The number of rotatable bonds is 4. The van der Waals surface area contributed by atoms with Gasteiger partial charge in [-0.15, -0.1) is 0 Å². The Morgan fingerprint density at radius 2 is 2.47 bits per heavy atom. The minimum absolute atomic E-state index is 0.134. The van der Waals surface area contributed by atoms with Crippen LogP contribution in [-0.4, -0.2) is 26.0 Å². The Labute approximate surface area is 106 Å². The van der Waals surface area contributed by atoms with Gasteiger partial charge in [0.15, 0.2) is 0 Å². The first-order valence-corrected chi connectivity index (χ1v) is 5.93. The first-order chi connectivity index (χ1) is 8.16. The summed E-state index contributed by atoms with van der Waals surface area (Å²) >= 11 is 3.22. The first kappa shape index (κ1) is 11.8. The monoisotopic (exact) mass is 297 g/mol. The van der Waals surface area contributed by atoms with Crippen LogP contribution < -0.4 is 10.9 Å². The van der Waals surface area contributed by atoms with Crippen molar-refractivity contribution in [3.05, 3.63) is 39.5 Å². The number of nitrogens with zero attached hydrogens (tertiary/aromatic N) is 3. The number of nitrogens with one attached hydrogen (secondary N) is 2. The van der Waals surface area contributed by atoms with Gasteiger partial charge < -0.3 is 5.32 Å². The second kappa shape index (κ2) is 5.13. The second-order valence-corrected chi connectivity index (χ2v) is 4.49. The second-order valence-electron chi connectivity index (χ2n) is 3.70. The molecule has 1 atom stereocenters. The van der Waals surface area contributed by atoms with Crippen molar-refractivity contribution in [3.63, 3.8) is 0 Å². The molecule has 6 nitrogen and oxygen atoms in total. The Hall–Kier alpha value is -1.63. The molecule has 0 fully saturated rings. The van der Waals surface area contributed by atoms with Crippen LogP contribution in [0.15, 0.2) is 33.9 Å². The lowest BCUT2D eigenvalue weighted by molar-refractivity contribution is 0.560. The molecule has 0 saturated carbocycles. The van der Waals surface area contributed by atoms with Crippen molar-refractivity contribution in [2.45, 2.75) is 19.5 Å². The predicted octanol–water partition coefficient (Wildman–Crippen LogP) is 1.23. The summed E-state index contributed by atoms with van der Waals surface area (Å²) in [6, 6.07) is 2.01. The third-order valence-corrected chi connectivity index (χ3v) is 3.00. The molecule has 0 spiro atoms. The van der Waals surface area contributed by atoms with E-state index in [9.17, 15) is 4.79 Å². The molecule has 0 amide bonds. The van der Waals surface area contributed by atoms with Crippen molar-refractivity contribution in [2.75, 3.05) is 5.32 Å². The summed E-state index contributed by atoms with van der Waals surface area (Å²) in [4.78, 5) is 11.3. The molecule has 7 heteroatoms. The number of H-pyrrole nitrogens is 1. The smallest absolute Gasteiger partial charge is 0.280 e. The summed E-state index contributed by atoms with van der Waals surface area (Å²) in [7, 11) is 0. The van der Waals surface area contributed by atoms with Gasteiger partial charge in [-0.1, -0.05) is 0 Å². The van der Waals surface area contributed by atoms with E-state index in [1.54, 1.807) is 12.4 Å². The highest BCUT2D eigenvalue weighted by atomic mass is 79.9. The van der Waals surface area contributed by atoms with Crippen molar-refractivity contribution in [1.82, 2.24) is 20.0 Å². The summed E-state index contributed by atoms with van der Waals surface area (Å²) < 4.78 is 2.28. The Morgan fingerprint density at radius 1 is 1.65 bits per heavy atom. The molecule has 0 aliphatic carbocycles. The third-order valence-electron chi connectivity index (χ3n) is 2.22. The first-order valence-electron chi connectivity index (χ1n) is 5.14. The van der Waals surface area contributed by atoms with Gasteiger partial charge >= 0.3 is 0 Å². The van der Waals surface area contributed by atoms with Crippen LogP contribution in [-0.2, 0) is 6.54 Å². The zero-order valence-corrected chi connectivity index (χ0v) is 10.8. The van der Waals surface area contributed by atoms with Gasteiger partial charge in [-0.3, -0.25) is 9.48 Å². The minimum Gasteiger partial charge on any atom is -0.378 e. The van der Waals surface area contributed by atoms with Crippen LogP contribution in [0.2, 0.25) is 0 Å². The van der Waals surface area contributed by atoms with Crippen LogP contribution in [0.4, 0.5) is 5.69 Å². The van der Waals surface area contributed by atoms with E-state index in [4.69, 9.17) is 0 Å². The van der Waals surface area contributed by atoms with E-state index in [-0.39, 0.29) is 11.6 Å². The maximum atomic E-state index is 11.3. The molecular weight excluding hydrogens is 286 g/mol. The van der Waals surface area contributed by atoms with Crippen molar-refractivity contribution >= 4 is 21.6 Å². The van der Waals surface area contributed by atoms with E-state index >= 15 is 0 Å². The van der Waals surface area contributed by atoms with Crippen LogP contribution in [0.5, 0.6) is 0 Å². The molecule has 0 aromatic carbocycles. The van der Waals surface area contributed by atoms with Crippen molar-refractivity contribution in [2.24, 2.45) is 0 Å². The van der Waals surface area contributed by atoms with Gasteiger partial charge in [0, 0.05) is 18.4 Å². The molecule has 0 radical (unpaired) electrons. The average Bonchev–Trinajstić information content (AvgIpc) is 2.77. The molecule has 2 aromatic rings. The number of aromatic amines is 1. The third kappa shape index (κ3) is 2.94. The van der Waals surface area contributed by atoms with E-state index in [0.717, 1.165) is 0 Å². The van der Waals surface area contributed by atoms with Crippen LogP contribution in [0.3, 0.4) is 0 Å². The van der Waals surface area contributed by atoms with E-state index in [0.29, 0.717) is 16.7 Å². The summed E-state index contributed by atoms with van der Waals surface area (Å²) in [6.45, 7) is 2.72. The largest absolute Gasteiger partial charge is 0.378 e. The normalized spacial score (nSPS) is 12.4. The number of halogens is 1. The summed E-state index contributed by atoms with van der Waals surface area (Å²) in [5, 5.41) is 13.4. The summed E-state index contributed by atoms with van der Waals surface area (Å²) in [5.41, 5.74) is 0.426. The average molecular weight is 298 g/mol. The highest BCUT2D eigenvalue weighted by Crippen LogP contribution is 2.16. The van der Waals surface area contributed by atoms with Crippen LogP contribution >= 0.6 is 15.9 Å². The molecular formula is C10H12BrN5O. The fourth-order valence-electron chi connectivity index (χ4n) is 1.48. The number of hydrogen-bond acceptors (Lipinski definition) is 4. The van der Waals surface area contributed by atoms with Crippen LogP contribution in [0.1, 0.15) is 6.92 Å². The molecule has 0 saturated heterocycles. The molecule has 17 heavy (non-hydrogen) atoms. The zero-order valence-electron chi connectivity index (χ0n) is 9.22. The molecule has 1 unspecified atom stereocenters. The molecule has 2 N–H and O–H groups in total. The molecule has 2 heterocycles. The molecule has 0 bridgehead atoms. The zero-order chi connectivity index (χ0) is 12.3.